The number of hydrogen-bond donors (Lipinski definition) is 2. The van der Waals surface area contributed by atoms with Crippen molar-refractivity contribution >= 4 is 0 Å². The Morgan fingerprint density at radius 1 is 1.37 bits per heavy atom. The molecule has 1 aromatic rings. The molecule has 0 radical (unpaired) electrons. The number of hydrogen-bond acceptors (Lipinski definition) is 3. The van der Waals surface area contributed by atoms with Gasteiger partial charge in [-0.3, -0.25) is 4.90 Å². The maximum atomic E-state index is 13.9. The Morgan fingerprint density at radius 3 is 2.84 bits per heavy atom. The highest BCUT2D eigenvalue weighted by Crippen LogP contribution is 2.19. The van der Waals surface area contributed by atoms with Crippen molar-refractivity contribution < 1.29 is 14.6 Å². The topological polar surface area (TPSA) is 43.7 Å². The van der Waals surface area contributed by atoms with E-state index in [0.29, 0.717) is 23.6 Å². The number of rotatable bonds is 3. The summed E-state index contributed by atoms with van der Waals surface area (Å²) in [6.45, 7) is 2.27. The molecule has 0 bridgehead atoms. The first-order chi connectivity index (χ1) is 9.22. The summed E-state index contributed by atoms with van der Waals surface area (Å²) < 4.78 is 13.9. The molecule has 1 atom stereocenters. The van der Waals surface area contributed by atoms with Crippen LogP contribution in [0.4, 0.5) is 4.39 Å². The van der Waals surface area contributed by atoms with E-state index in [-0.39, 0.29) is 19.0 Å². The van der Waals surface area contributed by atoms with Gasteiger partial charge in [-0.05, 0) is 31.0 Å². The van der Waals surface area contributed by atoms with Crippen LogP contribution in [0.1, 0.15) is 17.5 Å². The van der Waals surface area contributed by atoms with E-state index in [1.54, 1.807) is 12.1 Å². The summed E-state index contributed by atoms with van der Waals surface area (Å²) in [4.78, 5) is 2.15. The van der Waals surface area contributed by atoms with Gasteiger partial charge in [0, 0.05) is 30.8 Å². The quantitative estimate of drug-likeness (QED) is 0.799. The van der Waals surface area contributed by atoms with Gasteiger partial charge < -0.3 is 10.2 Å². The van der Waals surface area contributed by atoms with Crippen molar-refractivity contribution in [3.63, 3.8) is 0 Å². The monoisotopic (exact) mass is 263 g/mol. The standard InChI is InChI=1S/C15H18FNO2/c16-15-8-12(2-1-7-18)3-4-14(15)10-17-6-5-13(9-17)11-19/h3-4,8,13,18-19H,5-7,9-11H2. The summed E-state index contributed by atoms with van der Waals surface area (Å²) in [5.41, 5.74) is 1.22. The van der Waals surface area contributed by atoms with E-state index in [1.807, 2.05) is 0 Å². The summed E-state index contributed by atoms with van der Waals surface area (Å²) >= 11 is 0. The fraction of sp³-hybridized carbons (Fsp3) is 0.467. The number of aliphatic hydroxyl groups excluding tert-OH is 2. The largest absolute Gasteiger partial charge is 0.396 e. The van der Waals surface area contributed by atoms with Crippen LogP contribution in [0.25, 0.3) is 0 Å². The third kappa shape index (κ3) is 3.77. The van der Waals surface area contributed by atoms with Gasteiger partial charge in [-0.2, -0.15) is 0 Å². The van der Waals surface area contributed by atoms with E-state index in [4.69, 9.17) is 10.2 Å². The molecule has 19 heavy (non-hydrogen) atoms. The van der Waals surface area contributed by atoms with E-state index in [1.165, 1.54) is 6.07 Å². The second-order valence-electron chi connectivity index (χ2n) is 4.84. The smallest absolute Gasteiger partial charge is 0.128 e. The Hall–Kier alpha value is -1.41. The average Bonchev–Trinajstić information content (AvgIpc) is 2.87. The first kappa shape index (κ1) is 14.0. The maximum absolute atomic E-state index is 13.9. The highest BCUT2D eigenvalue weighted by molar-refractivity contribution is 5.37. The molecule has 2 rings (SSSR count). The number of halogens is 1. The highest BCUT2D eigenvalue weighted by Gasteiger charge is 2.22. The zero-order valence-electron chi connectivity index (χ0n) is 10.8. The van der Waals surface area contributed by atoms with Crippen molar-refractivity contribution in [1.29, 1.82) is 0 Å². The molecule has 1 aliphatic rings. The van der Waals surface area contributed by atoms with E-state index < -0.39 is 0 Å². The number of aliphatic hydroxyl groups is 2. The van der Waals surface area contributed by atoms with Crippen molar-refractivity contribution in [1.82, 2.24) is 4.90 Å². The lowest BCUT2D eigenvalue weighted by Crippen LogP contribution is -2.21. The Kier molecular flexibility index (Phi) is 4.92. The molecule has 1 unspecified atom stereocenters. The molecular formula is C15H18FNO2. The molecule has 1 aromatic carbocycles. The van der Waals surface area contributed by atoms with Crippen LogP contribution in [0, 0.1) is 23.6 Å². The molecule has 1 aliphatic heterocycles. The van der Waals surface area contributed by atoms with Crippen LogP contribution in [0.5, 0.6) is 0 Å². The first-order valence-electron chi connectivity index (χ1n) is 6.44. The molecular weight excluding hydrogens is 245 g/mol. The zero-order valence-corrected chi connectivity index (χ0v) is 10.8. The van der Waals surface area contributed by atoms with Gasteiger partial charge >= 0.3 is 0 Å². The Morgan fingerprint density at radius 2 is 2.21 bits per heavy atom. The lowest BCUT2D eigenvalue weighted by Gasteiger charge is -2.16. The Bertz CT molecular complexity index is 493. The van der Waals surface area contributed by atoms with Crippen LogP contribution in [0.2, 0.25) is 0 Å². The van der Waals surface area contributed by atoms with Crippen LogP contribution in [-0.4, -0.2) is 41.4 Å². The first-order valence-corrected chi connectivity index (χ1v) is 6.44. The summed E-state index contributed by atoms with van der Waals surface area (Å²) in [6.07, 6.45) is 0.970. The van der Waals surface area contributed by atoms with E-state index in [2.05, 4.69) is 16.7 Å². The van der Waals surface area contributed by atoms with Crippen molar-refractivity contribution in [3.05, 3.63) is 35.1 Å². The predicted molar refractivity (Wildman–Crippen MR) is 70.8 cm³/mol. The molecule has 2 N–H and O–H groups in total. The molecule has 0 saturated carbocycles. The minimum Gasteiger partial charge on any atom is -0.396 e. The van der Waals surface area contributed by atoms with Gasteiger partial charge in [0.1, 0.15) is 12.4 Å². The lowest BCUT2D eigenvalue weighted by molar-refractivity contribution is 0.219. The molecule has 102 valence electrons. The molecule has 0 aromatic heterocycles. The zero-order chi connectivity index (χ0) is 13.7. The lowest BCUT2D eigenvalue weighted by atomic mass is 10.1. The summed E-state index contributed by atoms with van der Waals surface area (Å²) in [7, 11) is 0. The van der Waals surface area contributed by atoms with Gasteiger partial charge in [-0.15, -0.1) is 0 Å². The van der Waals surface area contributed by atoms with Crippen LogP contribution in [-0.2, 0) is 6.54 Å². The number of nitrogens with zero attached hydrogens (tertiary/aromatic N) is 1. The van der Waals surface area contributed by atoms with Gasteiger partial charge in [0.05, 0.1) is 0 Å². The predicted octanol–water partition coefficient (Wildman–Crippen LogP) is 0.984. The molecule has 0 aliphatic carbocycles. The second-order valence-corrected chi connectivity index (χ2v) is 4.84. The van der Waals surface area contributed by atoms with Gasteiger partial charge in [0.2, 0.25) is 0 Å². The normalized spacial score (nSPS) is 19.2. The van der Waals surface area contributed by atoms with Gasteiger partial charge in [-0.25, -0.2) is 4.39 Å². The van der Waals surface area contributed by atoms with Gasteiger partial charge in [0.25, 0.3) is 0 Å². The average molecular weight is 263 g/mol. The van der Waals surface area contributed by atoms with Crippen molar-refractivity contribution in [2.45, 2.75) is 13.0 Å². The van der Waals surface area contributed by atoms with Crippen molar-refractivity contribution in [2.75, 3.05) is 26.3 Å². The van der Waals surface area contributed by atoms with Crippen LogP contribution >= 0.6 is 0 Å². The van der Waals surface area contributed by atoms with Crippen LogP contribution in [0.3, 0.4) is 0 Å². The highest BCUT2D eigenvalue weighted by atomic mass is 19.1. The fourth-order valence-electron chi connectivity index (χ4n) is 2.34. The molecule has 4 heteroatoms. The number of likely N-dealkylation sites (tertiary alicyclic amines) is 1. The van der Waals surface area contributed by atoms with Crippen molar-refractivity contribution in [2.24, 2.45) is 5.92 Å². The molecule has 0 spiro atoms. The number of benzene rings is 1. The third-order valence-electron chi connectivity index (χ3n) is 3.39. The third-order valence-corrected chi connectivity index (χ3v) is 3.39. The molecule has 0 amide bonds. The SMILES string of the molecule is OCC#Cc1ccc(CN2CCC(CO)C2)c(F)c1. The van der Waals surface area contributed by atoms with E-state index in [9.17, 15) is 4.39 Å². The molecule has 1 heterocycles. The summed E-state index contributed by atoms with van der Waals surface area (Å²) in [6, 6.07) is 4.90. The summed E-state index contributed by atoms with van der Waals surface area (Å²) in [5.74, 6) is 5.23. The van der Waals surface area contributed by atoms with Crippen LogP contribution in [0.15, 0.2) is 18.2 Å². The fourth-order valence-corrected chi connectivity index (χ4v) is 2.34. The van der Waals surface area contributed by atoms with Gasteiger partial charge in [0.15, 0.2) is 0 Å². The summed E-state index contributed by atoms with van der Waals surface area (Å²) in [5, 5.41) is 17.7. The second kappa shape index (κ2) is 6.67. The Balaban J connectivity index is 2.01. The Labute approximate surface area is 112 Å². The minimum absolute atomic E-state index is 0.203. The molecule has 3 nitrogen and oxygen atoms in total. The molecule has 1 fully saturated rings. The van der Waals surface area contributed by atoms with E-state index in [0.717, 1.165) is 19.5 Å². The minimum atomic E-state index is -0.266. The van der Waals surface area contributed by atoms with Crippen molar-refractivity contribution in [3.8, 4) is 11.8 Å². The van der Waals surface area contributed by atoms with Crippen LogP contribution < -0.4 is 0 Å². The maximum Gasteiger partial charge on any atom is 0.128 e. The van der Waals surface area contributed by atoms with Gasteiger partial charge in [-0.1, -0.05) is 17.9 Å². The molecule has 1 saturated heterocycles. The van der Waals surface area contributed by atoms with E-state index >= 15 is 0 Å².